The van der Waals surface area contributed by atoms with Crippen LogP contribution in [0.15, 0.2) is 47.0 Å². The normalized spacial score (nSPS) is 17.9. The Morgan fingerprint density at radius 3 is 2.44 bits per heavy atom. The zero-order valence-corrected chi connectivity index (χ0v) is 22.2. The minimum Gasteiger partial charge on any atom is -0.415 e. The van der Waals surface area contributed by atoms with Crippen LogP contribution in [0.1, 0.15) is 18.0 Å². The fourth-order valence-electron chi connectivity index (χ4n) is 4.51. The number of halogens is 2. The number of hydrogen-bond donors (Lipinski definition) is 0. The second-order valence-corrected chi connectivity index (χ2v) is 11.9. The number of nitrogens with zero attached hydrogens (tertiary/aromatic N) is 7. The second-order valence-electron chi connectivity index (χ2n) is 9.60. The van der Waals surface area contributed by atoms with Crippen LogP contribution in [0.25, 0.3) is 11.5 Å². The van der Waals surface area contributed by atoms with Crippen LogP contribution < -0.4 is 9.80 Å². The lowest BCUT2D eigenvalue weighted by atomic mass is 10.2. The highest BCUT2D eigenvalue weighted by molar-refractivity contribution is 7.91. The monoisotopic (exact) mass is 561 g/mol. The molecule has 11 nitrogen and oxygen atoms in total. The first-order chi connectivity index (χ1) is 18.7. The van der Waals surface area contributed by atoms with E-state index < -0.39 is 22.2 Å². The summed E-state index contributed by atoms with van der Waals surface area (Å²) in [5.74, 6) is -1.00. The van der Waals surface area contributed by atoms with Crippen molar-refractivity contribution in [2.45, 2.75) is 13.0 Å². The lowest BCUT2D eigenvalue weighted by Gasteiger charge is -2.35. The van der Waals surface area contributed by atoms with Gasteiger partial charge in [-0.2, -0.15) is 8.78 Å². The van der Waals surface area contributed by atoms with Crippen molar-refractivity contribution in [3.63, 3.8) is 0 Å². The molecule has 14 heteroatoms. The Hall–Kier alpha value is -3.65. The van der Waals surface area contributed by atoms with Crippen LogP contribution >= 0.6 is 0 Å². The summed E-state index contributed by atoms with van der Waals surface area (Å²) in [7, 11) is -1.08. The number of aromatic nitrogens is 3. The van der Waals surface area contributed by atoms with Crippen molar-refractivity contribution in [1.82, 2.24) is 25.0 Å². The SMILES string of the molecule is CN1CCN(c2cccc(N(Cc3ccc(-c4nnc(C(F)F)o4)cn3)C(=O)N3CCS(=O)(=O)CC3)c2)CC1. The summed E-state index contributed by atoms with van der Waals surface area (Å²) < 4.78 is 54.5. The van der Waals surface area contributed by atoms with E-state index in [-0.39, 0.29) is 43.1 Å². The lowest BCUT2D eigenvalue weighted by molar-refractivity contribution is 0.116. The number of carbonyl (C=O) groups excluding carboxylic acids is 1. The van der Waals surface area contributed by atoms with E-state index in [2.05, 4.69) is 32.0 Å². The van der Waals surface area contributed by atoms with Gasteiger partial charge in [0, 0.05) is 56.8 Å². The van der Waals surface area contributed by atoms with Gasteiger partial charge in [0.05, 0.1) is 29.3 Å². The molecular weight excluding hydrogens is 532 g/mol. The summed E-state index contributed by atoms with van der Waals surface area (Å²) in [4.78, 5) is 25.8. The van der Waals surface area contributed by atoms with Gasteiger partial charge in [0.15, 0.2) is 9.84 Å². The van der Waals surface area contributed by atoms with E-state index in [0.29, 0.717) is 16.9 Å². The van der Waals surface area contributed by atoms with Gasteiger partial charge >= 0.3 is 12.5 Å². The van der Waals surface area contributed by atoms with E-state index in [1.165, 1.54) is 6.20 Å². The first-order valence-corrected chi connectivity index (χ1v) is 14.4. The van der Waals surface area contributed by atoms with Crippen molar-refractivity contribution < 1.29 is 26.4 Å². The molecule has 39 heavy (non-hydrogen) atoms. The molecule has 0 aliphatic carbocycles. The van der Waals surface area contributed by atoms with E-state index in [0.717, 1.165) is 31.9 Å². The quantitative estimate of drug-likeness (QED) is 0.448. The number of pyridine rings is 1. The van der Waals surface area contributed by atoms with Crippen LogP contribution in [0.3, 0.4) is 0 Å². The number of amides is 2. The average Bonchev–Trinajstić information content (AvgIpc) is 3.43. The number of piperazine rings is 1. The minimum atomic E-state index is -3.16. The fourth-order valence-corrected chi connectivity index (χ4v) is 5.71. The number of alkyl halides is 2. The molecule has 0 spiro atoms. The van der Waals surface area contributed by atoms with E-state index >= 15 is 0 Å². The Morgan fingerprint density at radius 2 is 1.79 bits per heavy atom. The largest absolute Gasteiger partial charge is 0.415 e. The maximum atomic E-state index is 13.7. The summed E-state index contributed by atoms with van der Waals surface area (Å²) >= 11 is 0. The number of likely N-dealkylation sites (N-methyl/N-ethyl adjacent to an activating group) is 1. The van der Waals surface area contributed by atoms with Crippen LogP contribution in [0.2, 0.25) is 0 Å². The molecule has 2 fully saturated rings. The Balaban J connectivity index is 1.40. The lowest BCUT2D eigenvalue weighted by Crippen LogP contribution is -2.50. The van der Waals surface area contributed by atoms with Gasteiger partial charge in [0.2, 0.25) is 5.89 Å². The molecule has 0 bridgehead atoms. The summed E-state index contributed by atoms with van der Waals surface area (Å²) in [5, 5.41) is 6.98. The van der Waals surface area contributed by atoms with Crippen molar-refractivity contribution in [2.24, 2.45) is 0 Å². The molecule has 0 atom stereocenters. The summed E-state index contributed by atoms with van der Waals surface area (Å²) in [6.07, 6.45) is -1.45. The highest BCUT2D eigenvalue weighted by Crippen LogP contribution is 2.27. The first-order valence-electron chi connectivity index (χ1n) is 12.6. The van der Waals surface area contributed by atoms with Gasteiger partial charge in [-0.1, -0.05) is 6.07 Å². The van der Waals surface area contributed by atoms with Crippen LogP contribution in [0.5, 0.6) is 0 Å². The zero-order chi connectivity index (χ0) is 27.6. The molecule has 0 radical (unpaired) electrons. The maximum absolute atomic E-state index is 13.7. The van der Waals surface area contributed by atoms with Gasteiger partial charge in [-0.15, -0.1) is 10.2 Å². The first kappa shape index (κ1) is 26.9. The number of benzene rings is 1. The van der Waals surface area contributed by atoms with Crippen LogP contribution in [0.4, 0.5) is 25.0 Å². The number of sulfone groups is 1. The topological polar surface area (TPSA) is 116 Å². The Morgan fingerprint density at radius 1 is 1.05 bits per heavy atom. The third kappa shape index (κ3) is 6.33. The van der Waals surface area contributed by atoms with Crippen LogP contribution in [0, 0.1) is 0 Å². The molecule has 4 heterocycles. The van der Waals surface area contributed by atoms with Gasteiger partial charge in [-0.3, -0.25) is 9.88 Å². The molecule has 2 aliphatic heterocycles. The molecular formula is C25H29F2N7O4S. The van der Waals surface area contributed by atoms with Gasteiger partial charge in [0.1, 0.15) is 0 Å². The fraction of sp³-hybridized carbons (Fsp3) is 0.440. The molecule has 2 aromatic heterocycles. The van der Waals surface area contributed by atoms with E-state index in [1.807, 2.05) is 24.3 Å². The molecule has 1 aromatic carbocycles. The highest BCUT2D eigenvalue weighted by atomic mass is 32.2. The molecule has 5 rings (SSSR count). The Labute approximate surface area is 224 Å². The molecule has 208 valence electrons. The molecule has 0 unspecified atom stereocenters. The number of urea groups is 1. The second kappa shape index (κ2) is 11.2. The van der Waals surface area contributed by atoms with E-state index in [9.17, 15) is 22.0 Å². The number of rotatable bonds is 6. The molecule has 2 amide bonds. The zero-order valence-electron chi connectivity index (χ0n) is 21.4. The standard InChI is InChI=1S/C25H29F2N7O4S/c1-31-7-9-32(10-8-31)20-3-2-4-21(15-20)34(25(35)33-11-13-39(36,37)14-12-33)17-19-6-5-18(16-28-19)23-29-30-24(38-23)22(26)27/h2-6,15-16,22H,7-14,17H2,1H3. The minimum absolute atomic E-state index is 0.0771. The average molecular weight is 562 g/mol. The third-order valence-electron chi connectivity index (χ3n) is 6.87. The Kier molecular flexibility index (Phi) is 7.75. The molecule has 0 N–H and O–H groups in total. The predicted octanol–water partition coefficient (Wildman–Crippen LogP) is 2.68. The highest BCUT2D eigenvalue weighted by Gasteiger charge is 2.30. The third-order valence-corrected chi connectivity index (χ3v) is 8.48. The van der Waals surface area contributed by atoms with Gasteiger partial charge in [0.25, 0.3) is 5.89 Å². The van der Waals surface area contributed by atoms with Crippen molar-refractivity contribution in [3.8, 4) is 11.5 Å². The molecule has 0 saturated carbocycles. The number of carbonyl (C=O) groups is 1. The van der Waals surface area contributed by atoms with Gasteiger partial charge in [-0.25, -0.2) is 13.2 Å². The summed E-state index contributed by atoms with van der Waals surface area (Å²) in [6, 6.07) is 10.7. The number of hydrogen-bond acceptors (Lipinski definition) is 9. The van der Waals surface area contributed by atoms with Crippen LogP contribution in [-0.4, -0.2) is 97.3 Å². The predicted molar refractivity (Wildman–Crippen MR) is 140 cm³/mol. The number of anilines is 2. The molecule has 2 saturated heterocycles. The summed E-state index contributed by atoms with van der Waals surface area (Å²) in [5.41, 5.74) is 2.56. The van der Waals surface area contributed by atoms with Crippen molar-refractivity contribution in [2.75, 3.05) is 67.6 Å². The van der Waals surface area contributed by atoms with E-state index in [4.69, 9.17) is 4.42 Å². The van der Waals surface area contributed by atoms with Crippen molar-refractivity contribution in [1.29, 1.82) is 0 Å². The maximum Gasteiger partial charge on any atom is 0.324 e. The van der Waals surface area contributed by atoms with Crippen molar-refractivity contribution in [3.05, 3.63) is 54.2 Å². The molecule has 2 aliphatic rings. The summed E-state index contributed by atoms with van der Waals surface area (Å²) in [6.45, 7) is 3.94. The van der Waals surface area contributed by atoms with Gasteiger partial charge in [-0.05, 0) is 37.4 Å². The van der Waals surface area contributed by atoms with E-state index in [1.54, 1.807) is 21.9 Å². The smallest absolute Gasteiger partial charge is 0.324 e. The Bertz CT molecular complexity index is 1400. The molecule has 3 aromatic rings. The van der Waals surface area contributed by atoms with Gasteiger partial charge < -0.3 is 19.1 Å². The van der Waals surface area contributed by atoms with Crippen LogP contribution in [-0.2, 0) is 16.4 Å². The van der Waals surface area contributed by atoms with Crippen molar-refractivity contribution >= 4 is 27.2 Å².